The van der Waals surface area contributed by atoms with Crippen molar-refractivity contribution in [3.63, 3.8) is 0 Å². The molecule has 4 rings (SSSR count). The van der Waals surface area contributed by atoms with Gasteiger partial charge in [0, 0.05) is 24.7 Å². The molecule has 1 aliphatic rings. The summed E-state index contributed by atoms with van der Waals surface area (Å²) >= 11 is 0. The SMILES string of the molecule is CC(=O)N1CCc2cc(C(=O)NC(Cc3cccc(F)c3)c3cccc(F)c3)ccc21. The first-order chi connectivity index (χ1) is 14.9. The van der Waals surface area contributed by atoms with E-state index in [1.54, 1.807) is 47.4 Å². The number of nitrogens with zero attached hydrogens (tertiary/aromatic N) is 1. The van der Waals surface area contributed by atoms with Gasteiger partial charge in [0.1, 0.15) is 11.6 Å². The number of carbonyl (C=O) groups excluding carboxylic acids is 2. The first-order valence-electron chi connectivity index (χ1n) is 10.1. The second kappa shape index (κ2) is 8.68. The summed E-state index contributed by atoms with van der Waals surface area (Å²) in [5, 5.41) is 2.96. The van der Waals surface area contributed by atoms with Gasteiger partial charge in [0.15, 0.2) is 0 Å². The lowest BCUT2D eigenvalue weighted by atomic mass is 9.98. The number of carbonyl (C=O) groups is 2. The monoisotopic (exact) mass is 420 g/mol. The second-order valence-electron chi connectivity index (χ2n) is 7.68. The molecule has 0 fully saturated rings. The van der Waals surface area contributed by atoms with E-state index in [0.717, 1.165) is 11.3 Å². The van der Waals surface area contributed by atoms with Gasteiger partial charge in [-0.2, -0.15) is 0 Å². The molecule has 0 aromatic heterocycles. The summed E-state index contributed by atoms with van der Waals surface area (Å²) in [4.78, 5) is 26.5. The Bertz CT molecular complexity index is 1150. The zero-order valence-corrected chi connectivity index (χ0v) is 17.1. The molecule has 31 heavy (non-hydrogen) atoms. The molecule has 4 nitrogen and oxygen atoms in total. The summed E-state index contributed by atoms with van der Waals surface area (Å²) in [5.74, 6) is -1.11. The summed E-state index contributed by atoms with van der Waals surface area (Å²) in [7, 11) is 0. The molecule has 0 radical (unpaired) electrons. The predicted octanol–water partition coefficient (Wildman–Crippen LogP) is 4.59. The molecule has 1 unspecified atom stereocenters. The van der Waals surface area contributed by atoms with Crippen LogP contribution in [0.4, 0.5) is 14.5 Å². The van der Waals surface area contributed by atoms with Crippen molar-refractivity contribution >= 4 is 17.5 Å². The van der Waals surface area contributed by atoms with Crippen molar-refractivity contribution in [2.45, 2.75) is 25.8 Å². The van der Waals surface area contributed by atoms with Gasteiger partial charge in [-0.25, -0.2) is 8.78 Å². The molecule has 0 saturated carbocycles. The van der Waals surface area contributed by atoms with Crippen molar-refractivity contribution in [2.75, 3.05) is 11.4 Å². The molecule has 1 aliphatic heterocycles. The van der Waals surface area contributed by atoms with E-state index in [1.807, 2.05) is 0 Å². The van der Waals surface area contributed by atoms with E-state index >= 15 is 0 Å². The van der Waals surface area contributed by atoms with Crippen molar-refractivity contribution in [1.82, 2.24) is 5.32 Å². The van der Waals surface area contributed by atoms with Crippen molar-refractivity contribution < 1.29 is 18.4 Å². The molecule has 1 atom stereocenters. The maximum absolute atomic E-state index is 13.8. The zero-order chi connectivity index (χ0) is 22.0. The number of rotatable bonds is 5. The number of amides is 2. The normalized spacial score (nSPS) is 13.6. The van der Waals surface area contributed by atoms with Crippen LogP contribution in [0.3, 0.4) is 0 Å². The summed E-state index contributed by atoms with van der Waals surface area (Å²) in [5.41, 5.74) is 3.52. The van der Waals surface area contributed by atoms with E-state index in [0.29, 0.717) is 36.1 Å². The maximum atomic E-state index is 13.8. The summed E-state index contributed by atoms with van der Waals surface area (Å²) in [6.07, 6.45) is 1.00. The van der Waals surface area contributed by atoms with Crippen molar-refractivity contribution in [3.8, 4) is 0 Å². The molecule has 3 aromatic carbocycles. The number of hydrogen-bond donors (Lipinski definition) is 1. The van der Waals surface area contributed by atoms with Crippen molar-refractivity contribution in [1.29, 1.82) is 0 Å². The van der Waals surface area contributed by atoms with E-state index in [9.17, 15) is 18.4 Å². The van der Waals surface area contributed by atoms with E-state index in [1.165, 1.54) is 31.2 Å². The Hall–Kier alpha value is -3.54. The van der Waals surface area contributed by atoms with Crippen LogP contribution in [0.1, 0.15) is 40.0 Å². The summed E-state index contributed by atoms with van der Waals surface area (Å²) in [6.45, 7) is 2.12. The quantitative estimate of drug-likeness (QED) is 0.657. The van der Waals surface area contributed by atoms with Gasteiger partial charge in [0.25, 0.3) is 5.91 Å². The Morgan fingerprint density at radius 2 is 1.74 bits per heavy atom. The Kier molecular flexibility index (Phi) is 5.80. The van der Waals surface area contributed by atoms with Gasteiger partial charge in [-0.05, 0) is 72.0 Å². The van der Waals surface area contributed by atoms with Crippen LogP contribution in [0.25, 0.3) is 0 Å². The molecular weight excluding hydrogens is 398 g/mol. The summed E-state index contributed by atoms with van der Waals surface area (Å²) < 4.78 is 27.5. The molecule has 1 heterocycles. The largest absolute Gasteiger partial charge is 0.345 e. The highest BCUT2D eigenvalue weighted by molar-refractivity contribution is 5.98. The highest BCUT2D eigenvalue weighted by Gasteiger charge is 2.24. The number of benzene rings is 3. The Labute approximate surface area is 179 Å². The third-order valence-electron chi connectivity index (χ3n) is 5.50. The zero-order valence-electron chi connectivity index (χ0n) is 17.1. The van der Waals surface area contributed by atoms with Crippen molar-refractivity contribution in [2.24, 2.45) is 0 Å². The smallest absolute Gasteiger partial charge is 0.251 e. The molecule has 2 amide bonds. The molecule has 0 bridgehead atoms. The minimum atomic E-state index is -0.535. The number of anilines is 1. The van der Waals surface area contributed by atoms with Gasteiger partial charge in [-0.1, -0.05) is 24.3 Å². The van der Waals surface area contributed by atoms with Gasteiger partial charge in [-0.3, -0.25) is 9.59 Å². The van der Waals surface area contributed by atoms with Gasteiger partial charge >= 0.3 is 0 Å². The fraction of sp³-hybridized carbons (Fsp3) is 0.200. The van der Waals surface area contributed by atoms with E-state index < -0.39 is 11.9 Å². The number of halogens is 2. The molecule has 0 saturated heterocycles. The lowest BCUT2D eigenvalue weighted by molar-refractivity contribution is -0.116. The van der Waals surface area contributed by atoms with Gasteiger partial charge in [-0.15, -0.1) is 0 Å². The third-order valence-corrected chi connectivity index (χ3v) is 5.50. The molecule has 3 aromatic rings. The standard InChI is InChI=1S/C25H22F2N2O2/c1-16(30)29-11-10-19-14-20(8-9-24(19)29)25(31)28-23(18-5-3-7-22(27)15-18)13-17-4-2-6-21(26)12-17/h2-9,12,14-15,23H,10-11,13H2,1H3,(H,28,31). The van der Waals surface area contributed by atoms with Gasteiger partial charge in [0.2, 0.25) is 5.91 Å². The minimum Gasteiger partial charge on any atom is -0.345 e. The van der Waals surface area contributed by atoms with Crippen LogP contribution < -0.4 is 10.2 Å². The fourth-order valence-electron chi connectivity index (χ4n) is 3.99. The molecule has 158 valence electrons. The van der Waals surface area contributed by atoms with Crippen LogP contribution in [0.15, 0.2) is 66.7 Å². The molecule has 0 aliphatic carbocycles. The molecule has 6 heteroatoms. The Morgan fingerprint density at radius 3 is 2.45 bits per heavy atom. The van der Waals surface area contributed by atoms with Crippen LogP contribution in [0.2, 0.25) is 0 Å². The lowest BCUT2D eigenvalue weighted by Gasteiger charge is -2.20. The average molecular weight is 420 g/mol. The van der Waals surface area contributed by atoms with Gasteiger partial charge in [0.05, 0.1) is 6.04 Å². The lowest BCUT2D eigenvalue weighted by Crippen LogP contribution is -2.30. The Morgan fingerprint density at radius 1 is 1.00 bits per heavy atom. The van der Waals surface area contributed by atoms with Crippen LogP contribution in [-0.2, 0) is 17.6 Å². The van der Waals surface area contributed by atoms with Gasteiger partial charge < -0.3 is 10.2 Å². The van der Waals surface area contributed by atoms with Crippen LogP contribution in [0.5, 0.6) is 0 Å². The highest BCUT2D eigenvalue weighted by atomic mass is 19.1. The topological polar surface area (TPSA) is 49.4 Å². The van der Waals surface area contributed by atoms with E-state index in [-0.39, 0.29) is 17.6 Å². The molecule has 1 N–H and O–H groups in total. The van der Waals surface area contributed by atoms with Crippen molar-refractivity contribution in [3.05, 3.63) is 101 Å². The molecular formula is C25H22F2N2O2. The fourth-order valence-corrected chi connectivity index (χ4v) is 3.99. The average Bonchev–Trinajstić information content (AvgIpc) is 3.17. The van der Waals surface area contributed by atoms with E-state index in [2.05, 4.69) is 5.32 Å². The highest BCUT2D eigenvalue weighted by Crippen LogP contribution is 2.29. The second-order valence-corrected chi connectivity index (χ2v) is 7.68. The van der Waals surface area contributed by atoms with E-state index in [4.69, 9.17) is 0 Å². The molecule has 0 spiro atoms. The number of fused-ring (bicyclic) bond motifs is 1. The first-order valence-corrected chi connectivity index (χ1v) is 10.1. The first kappa shape index (κ1) is 20.7. The predicted molar refractivity (Wildman–Crippen MR) is 115 cm³/mol. The third kappa shape index (κ3) is 4.63. The number of nitrogens with one attached hydrogen (secondary N) is 1. The van der Waals surface area contributed by atoms with Crippen LogP contribution in [-0.4, -0.2) is 18.4 Å². The Balaban J connectivity index is 1.59. The number of hydrogen-bond acceptors (Lipinski definition) is 2. The summed E-state index contributed by atoms with van der Waals surface area (Å²) in [6, 6.07) is 16.9. The van der Waals surface area contributed by atoms with Crippen LogP contribution in [0, 0.1) is 11.6 Å². The van der Waals surface area contributed by atoms with Crippen LogP contribution >= 0.6 is 0 Å². The minimum absolute atomic E-state index is 0.0304. The maximum Gasteiger partial charge on any atom is 0.251 e.